The maximum absolute atomic E-state index is 13.2. The number of rotatable bonds is 5. The lowest BCUT2D eigenvalue weighted by molar-refractivity contribution is -0.140. The van der Waals surface area contributed by atoms with E-state index >= 15 is 0 Å². The van der Waals surface area contributed by atoms with Gasteiger partial charge >= 0.3 is 0 Å². The van der Waals surface area contributed by atoms with Gasteiger partial charge in [0.1, 0.15) is 5.75 Å². The third kappa shape index (κ3) is 6.26. The highest BCUT2D eigenvalue weighted by molar-refractivity contribution is 7.89. The van der Waals surface area contributed by atoms with Crippen molar-refractivity contribution in [1.29, 1.82) is 0 Å². The minimum absolute atomic E-state index is 0.0297. The molecule has 0 radical (unpaired) electrons. The van der Waals surface area contributed by atoms with Crippen molar-refractivity contribution >= 4 is 15.9 Å². The van der Waals surface area contributed by atoms with Gasteiger partial charge in [-0.3, -0.25) is 4.79 Å². The maximum atomic E-state index is 13.2. The van der Waals surface area contributed by atoms with Crippen LogP contribution in [0.15, 0.2) is 24.3 Å². The highest BCUT2D eigenvalue weighted by atomic mass is 32.2. The van der Waals surface area contributed by atoms with Gasteiger partial charge < -0.3 is 19.3 Å². The Morgan fingerprint density at radius 2 is 1.88 bits per heavy atom. The fraction of sp³-hybridized carbons (Fsp3) is 0.708. The fourth-order valence-corrected chi connectivity index (χ4v) is 6.71. The first-order valence-corrected chi connectivity index (χ1v) is 13.7. The van der Waals surface area contributed by atoms with E-state index in [4.69, 9.17) is 9.47 Å². The minimum atomic E-state index is -3.47. The molecule has 0 aromatic heterocycles. The molecule has 1 N–H and O–H groups in total. The number of para-hydroxylation sites is 1. The smallest absolute Gasteiger partial charge is 0.260 e. The van der Waals surface area contributed by atoms with Crippen molar-refractivity contribution in [3.63, 3.8) is 0 Å². The first-order chi connectivity index (χ1) is 15.8. The fourth-order valence-electron chi connectivity index (χ4n) is 5.25. The Balaban J connectivity index is 1.55. The quantitative estimate of drug-likeness (QED) is 0.695. The molecule has 1 saturated carbocycles. The Morgan fingerprint density at radius 3 is 2.64 bits per heavy atom. The van der Waals surface area contributed by atoms with Crippen molar-refractivity contribution in [1.82, 2.24) is 14.5 Å². The van der Waals surface area contributed by atoms with E-state index in [2.05, 4.69) is 10.8 Å². The van der Waals surface area contributed by atoms with Gasteiger partial charge in [0, 0.05) is 19.1 Å². The summed E-state index contributed by atoms with van der Waals surface area (Å²) in [5, 5.41) is 0. The van der Waals surface area contributed by atoms with E-state index in [0.717, 1.165) is 37.9 Å². The normalized spacial score (nSPS) is 28.8. The molecule has 33 heavy (non-hydrogen) atoms. The van der Waals surface area contributed by atoms with Gasteiger partial charge in [-0.25, -0.2) is 13.1 Å². The van der Waals surface area contributed by atoms with Gasteiger partial charge in [0.15, 0.2) is 6.61 Å². The molecule has 2 fully saturated rings. The number of piperidine rings is 1. The second kappa shape index (κ2) is 10.7. The molecule has 3 heterocycles. The predicted octanol–water partition coefficient (Wildman–Crippen LogP) is 1.96. The van der Waals surface area contributed by atoms with Gasteiger partial charge in [0.25, 0.3) is 5.91 Å². The summed E-state index contributed by atoms with van der Waals surface area (Å²) in [5.41, 5.74) is 1.17. The van der Waals surface area contributed by atoms with Gasteiger partial charge in [-0.05, 0) is 70.2 Å². The van der Waals surface area contributed by atoms with E-state index in [0.29, 0.717) is 32.0 Å². The highest BCUT2D eigenvalue weighted by Crippen LogP contribution is 2.38. The van der Waals surface area contributed by atoms with Crippen LogP contribution >= 0.6 is 0 Å². The molecule has 1 saturated heterocycles. The number of amides is 1. The number of ether oxygens (including phenoxy) is 2. The van der Waals surface area contributed by atoms with Crippen LogP contribution in [0.1, 0.15) is 50.0 Å². The van der Waals surface area contributed by atoms with Crippen molar-refractivity contribution < 1.29 is 22.7 Å². The molecule has 1 aliphatic carbocycles. The lowest BCUT2D eigenvalue weighted by atomic mass is 9.82. The van der Waals surface area contributed by atoms with Crippen LogP contribution in [0.2, 0.25) is 0 Å². The van der Waals surface area contributed by atoms with Crippen LogP contribution in [-0.2, 0) is 19.6 Å². The summed E-state index contributed by atoms with van der Waals surface area (Å²) in [6, 6.07) is 7.33. The molecule has 1 unspecified atom stereocenters. The third-order valence-electron chi connectivity index (χ3n) is 7.12. The highest BCUT2D eigenvalue weighted by Gasteiger charge is 2.38. The summed E-state index contributed by atoms with van der Waals surface area (Å²) < 4.78 is 40.7. The Kier molecular flexibility index (Phi) is 7.94. The molecule has 9 heteroatoms. The van der Waals surface area contributed by atoms with Crippen LogP contribution in [0, 0.1) is 0 Å². The number of nitrogens with zero attached hydrogens (tertiary/aromatic N) is 2. The first kappa shape index (κ1) is 24.4. The van der Waals surface area contributed by atoms with Gasteiger partial charge in [-0.2, -0.15) is 0 Å². The van der Waals surface area contributed by atoms with Crippen LogP contribution in [0.25, 0.3) is 0 Å². The van der Waals surface area contributed by atoms with Crippen molar-refractivity contribution in [2.45, 2.75) is 62.6 Å². The second-order valence-electron chi connectivity index (χ2n) is 9.78. The summed E-state index contributed by atoms with van der Waals surface area (Å²) in [6.45, 7) is 1.32. The van der Waals surface area contributed by atoms with Gasteiger partial charge in [-0.15, -0.1) is 0 Å². The van der Waals surface area contributed by atoms with Crippen molar-refractivity contribution in [2.75, 3.05) is 46.2 Å². The lowest BCUT2D eigenvalue weighted by Gasteiger charge is -2.42. The number of carbonyl (C=O) groups is 1. The molecule has 8 nitrogen and oxygen atoms in total. The van der Waals surface area contributed by atoms with Crippen molar-refractivity contribution in [2.24, 2.45) is 0 Å². The average molecular weight is 480 g/mol. The van der Waals surface area contributed by atoms with Gasteiger partial charge in [-0.1, -0.05) is 18.2 Å². The molecule has 1 aromatic rings. The van der Waals surface area contributed by atoms with E-state index in [9.17, 15) is 13.2 Å². The van der Waals surface area contributed by atoms with Crippen LogP contribution < -0.4 is 9.46 Å². The molecule has 1 aromatic carbocycles. The molecule has 0 spiro atoms. The molecule has 184 valence electrons. The molecule has 2 atom stereocenters. The Labute approximate surface area is 197 Å². The van der Waals surface area contributed by atoms with Crippen LogP contribution in [0.5, 0.6) is 5.75 Å². The van der Waals surface area contributed by atoms with E-state index in [1.807, 2.05) is 37.2 Å². The average Bonchev–Trinajstić information content (AvgIpc) is 2.82. The second-order valence-corrected chi connectivity index (χ2v) is 11.7. The number of hydrogen-bond acceptors (Lipinski definition) is 6. The molecule has 5 rings (SSSR count). The molecule has 4 aliphatic rings. The standard InChI is InChI=1S/C24H37N3O5S/c1-26(2)14-15-33(29,30)25-21-7-5-13-27-22(21)16-31-19-11-9-18(10-12-19)20-6-3-4-8-23(20)32-17-24(27)28/h3-4,6,8,18-19,21-22,25H,5,7,9-17H2,1-2H3/t18-,19+,21-,22?/m0/s1. The van der Waals surface area contributed by atoms with E-state index in [1.165, 1.54) is 5.56 Å². The van der Waals surface area contributed by atoms with E-state index in [-0.39, 0.29) is 36.5 Å². The summed E-state index contributed by atoms with van der Waals surface area (Å²) >= 11 is 0. The topological polar surface area (TPSA) is 88.2 Å². The maximum Gasteiger partial charge on any atom is 0.260 e. The molecule has 2 bridgehead atoms. The monoisotopic (exact) mass is 479 g/mol. The molecule has 1 amide bonds. The third-order valence-corrected chi connectivity index (χ3v) is 8.51. The van der Waals surface area contributed by atoms with Crippen LogP contribution in [0.3, 0.4) is 0 Å². The zero-order valence-electron chi connectivity index (χ0n) is 19.7. The van der Waals surface area contributed by atoms with Gasteiger partial charge in [0.2, 0.25) is 10.0 Å². The number of fused-ring (bicyclic) bond motifs is 5. The van der Waals surface area contributed by atoms with Gasteiger partial charge in [0.05, 0.1) is 24.5 Å². The number of benzene rings is 1. The molecular weight excluding hydrogens is 442 g/mol. The molecule has 3 aliphatic heterocycles. The Hall–Kier alpha value is -1.68. The summed E-state index contributed by atoms with van der Waals surface area (Å²) in [7, 11) is 0.239. The number of hydrogen-bond donors (Lipinski definition) is 1. The SMILES string of the molecule is CN(C)CCS(=O)(=O)N[C@H]1CCCN2C(=O)COc3ccccc3[C@H]3CC[C@H](CC3)OCC12. The number of nitrogens with one attached hydrogen (secondary N) is 1. The zero-order valence-corrected chi connectivity index (χ0v) is 20.6. The number of sulfonamides is 1. The lowest BCUT2D eigenvalue weighted by Crippen LogP contribution is -2.60. The predicted molar refractivity (Wildman–Crippen MR) is 127 cm³/mol. The van der Waals surface area contributed by atoms with E-state index < -0.39 is 10.0 Å². The summed E-state index contributed by atoms with van der Waals surface area (Å²) in [4.78, 5) is 16.9. The molecular formula is C24H37N3O5S. The first-order valence-electron chi connectivity index (χ1n) is 12.1. The van der Waals surface area contributed by atoms with E-state index in [1.54, 1.807) is 4.90 Å². The Morgan fingerprint density at radius 1 is 1.12 bits per heavy atom. The van der Waals surface area contributed by atoms with Crippen molar-refractivity contribution in [3.05, 3.63) is 29.8 Å². The number of carbonyl (C=O) groups excluding carboxylic acids is 1. The minimum Gasteiger partial charge on any atom is -0.483 e. The van der Waals surface area contributed by atoms with Crippen molar-refractivity contribution in [3.8, 4) is 5.75 Å². The summed E-state index contributed by atoms with van der Waals surface area (Å²) in [6.07, 6.45) is 5.53. The van der Waals surface area contributed by atoms with Crippen LogP contribution in [0.4, 0.5) is 0 Å². The van der Waals surface area contributed by atoms with Crippen LogP contribution in [-0.4, -0.2) is 88.5 Å². The largest absolute Gasteiger partial charge is 0.483 e. The summed E-state index contributed by atoms with van der Waals surface area (Å²) in [5.74, 6) is 1.10. The zero-order chi connectivity index (χ0) is 23.4. The Bertz CT molecular complexity index is 914.